The van der Waals surface area contributed by atoms with Crippen LogP contribution in [0.25, 0.3) is 0 Å². The van der Waals surface area contributed by atoms with Crippen LogP contribution in [-0.4, -0.2) is 54.4 Å². The number of nitrogens with one attached hydrogen (secondary N) is 1. The molecule has 0 spiro atoms. The Morgan fingerprint density at radius 3 is 2.48 bits per heavy atom. The quantitative estimate of drug-likeness (QED) is 0.883. The number of sulfonamides is 1. The molecule has 1 aromatic heterocycles. The molecule has 0 aliphatic carbocycles. The van der Waals surface area contributed by atoms with Gasteiger partial charge in [0.05, 0.1) is 18.0 Å². The molecule has 1 aliphatic rings. The smallest absolute Gasteiger partial charge is 0.257 e. The number of hydrogen-bond acceptors (Lipinski definition) is 4. The van der Waals surface area contributed by atoms with Crippen molar-refractivity contribution < 1.29 is 13.2 Å². The fourth-order valence-corrected chi connectivity index (χ4v) is 3.26. The number of rotatable bonds is 4. The lowest BCUT2D eigenvalue weighted by Gasteiger charge is -2.31. The molecule has 2 heterocycles. The first kappa shape index (κ1) is 16.0. The molecule has 1 saturated heterocycles. The molecule has 8 heteroatoms. The van der Waals surface area contributed by atoms with Gasteiger partial charge in [-0.05, 0) is 26.7 Å². The second-order valence-corrected chi connectivity index (χ2v) is 7.54. The Labute approximate surface area is 125 Å². The number of aromatic nitrogens is 2. The predicted molar refractivity (Wildman–Crippen MR) is 79.5 cm³/mol. The summed E-state index contributed by atoms with van der Waals surface area (Å²) >= 11 is 0. The molecule has 1 aliphatic heterocycles. The molecule has 0 saturated carbocycles. The van der Waals surface area contributed by atoms with E-state index in [0.717, 1.165) is 6.26 Å². The van der Waals surface area contributed by atoms with E-state index in [-0.39, 0.29) is 18.0 Å². The topological polar surface area (TPSA) is 84.3 Å². The molecule has 7 nitrogen and oxygen atoms in total. The van der Waals surface area contributed by atoms with Crippen LogP contribution in [0, 0.1) is 0 Å². The van der Waals surface area contributed by atoms with E-state index in [1.54, 1.807) is 22.0 Å². The summed E-state index contributed by atoms with van der Waals surface area (Å²) in [5.74, 6) is -0.0419. The predicted octanol–water partition coefficient (Wildman–Crippen LogP) is 0.618. The maximum atomic E-state index is 12.4. The SMILES string of the molecule is CC(C)n1cc(C(=O)N2CCC(NS(C)(=O)=O)CC2)cn1. The number of amides is 1. The van der Waals surface area contributed by atoms with Gasteiger partial charge in [-0.25, -0.2) is 13.1 Å². The van der Waals surface area contributed by atoms with Crippen molar-refractivity contribution in [3.63, 3.8) is 0 Å². The number of carbonyl (C=O) groups excluding carboxylic acids is 1. The van der Waals surface area contributed by atoms with E-state index in [9.17, 15) is 13.2 Å². The van der Waals surface area contributed by atoms with Crippen LogP contribution in [0.1, 0.15) is 43.1 Å². The van der Waals surface area contributed by atoms with E-state index >= 15 is 0 Å². The lowest BCUT2D eigenvalue weighted by molar-refractivity contribution is 0.0711. The van der Waals surface area contributed by atoms with Crippen molar-refractivity contribution in [3.05, 3.63) is 18.0 Å². The largest absolute Gasteiger partial charge is 0.338 e. The van der Waals surface area contributed by atoms with E-state index in [4.69, 9.17) is 0 Å². The van der Waals surface area contributed by atoms with Gasteiger partial charge in [0.15, 0.2) is 0 Å². The molecule has 0 atom stereocenters. The minimum absolute atomic E-state index is 0.0419. The Hall–Kier alpha value is -1.41. The van der Waals surface area contributed by atoms with Crippen molar-refractivity contribution in [2.24, 2.45) is 0 Å². The summed E-state index contributed by atoms with van der Waals surface area (Å²) in [5, 5.41) is 4.17. The Balaban J connectivity index is 1.93. The molecule has 118 valence electrons. The Kier molecular flexibility index (Phi) is 4.67. The van der Waals surface area contributed by atoms with Crippen LogP contribution in [0.5, 0.6) is 0 Å². The monoisotopic (exact) mass is 314 g/mol. The van der Waals surface area contributed by atoms with Crippen molar-refractivity contribution >= 4 is 15.9 Å². The summed E-state index contributed by atoms with van der Waals surface area (Å²) in [7, 11) is -3.19. The van der Waals surface area contributed by atoms with Gasteiger partial charge in [-0.3, -0.25) is 9.48 Å². The van der Waals surface area contributed by atoms with Crippen LogP contribution in [0.15, 0.2) is 12.4 Å². The number of hydrogen-bond donors (Lipinski definition) is 1. The van der Waals surface area contributed by atoms with Gasteiger partial charge in [-0.2, -0.15) is 5.10 Å². The fraction of sp³-hybridized carbons (Fsp3) is 0.692. The lowest BCUT2D eigenvalue weighted by atomic mass is 10.1. The van der Waals surface area contributed by atoms with Crippen molar-refractivity contribution in [3.8, 4) is 0 Å². The fourth-order valence-electron chi connectivity index (χ4n) is 2.42. The highest BCUT2D eigenvalue weighted by Gasteiger charge is 2.25. The first-order chi connectivity index (χ1) is 9.76. The molecular weight excluding hydrogens is 292 g/mol. The van der Waals surface area contributed by atoms with E-state index in [2.05, 4.69) is 9.82 Å². The third-order valence-corrected chi connectivity index (χ3v) is 4.30. The highest BCUT2D eigenvalue weighted by atomic mass is 32.2. The van der Waals surface area contributed by atoms with Gasteiger partial charge in [0.2, 0.25) is 10.0 Å². The second kappa shape index (κ2) is 6.15. The first-order valence-electron chi connectivity index (χ1n) is 7.07. The van der Waals surface area contributed by atoms with Gasteiger partial charge in [-0.15, -0.1) is 0 Å². The van der Waals surface area contributed by atoms with Gasteiger partial charge in [0.1, 0.15) is 0 Å². The van der Waals surface area contributed by atoms with Crippen molar-refractivity contribution in [1.29, 1.82) is 0 Å². The third-order valence-electron chi connectivity index (χ3n) is 3.54. The van der Waals surface area contributed by atoms with E-state index in [0.29, 0.717) is 31.5 Å². The molecular formula is C13H22N4O3S. The zero-order valence-corrected chi connectivity index (χ0v) is 13.4. The van der Waals surface area contributed by atoms with Gasteiger partial charge >= 0.3 is 0 Å². The van der Waals surface area contributed by atoms with E-state index in [1.807, 2.05) is 13.8 Å². The summed E-state index contributed by atoms with van der Waals surface area (Å²) in [6.45, 7) is 5.12. The highest BCUT2D eigenvalue weighted by Crippen LogP contribution is 2.15. The summed E-state index contributed by atoms with van der Waals surface area (Å²) in [5.41, 5.74) is 0.582. The average molecular weight is 314 g/mol. The van der Waals surface area contributed by atoms with Gasteiger partial charge in [0.25, 0.3) is 5.91 Å². The zero-order valence-electron chi connectivity index (χ0n) is 12.6. The standard InChI is InChI=1S/C13H22N4O3S/c1-10(2)17-9-11(8-14-17)13(18)16-6-4-12(5-7-16)15-21(3,19)20/h8-10,12,15H,4-7H2,1-3H3. The Bertz CT molecular complexity index is 601. The number of piperidine rings is 1. The van der Waals surface area contributed by atoms with Crippen LogP contribution in [0.4, 0.5) is 0 Å². The first-order valence-corrected chi connectivity index (χ1v) is 8.96. The Morgan fingerprint density at radius 2 is 2.00 bits per heavy atom. The normalized spacial score (nSPS) is 17.4. The van der Waals surface area contributed by atoms with Crippen LogP contribution in [0.2, 0.25) is 0 Å². The highest BCUT2D eigenvalue weighted by molar-refractivity contribution is 7.88. The van der Waals surface area contributed by atoms with E-state index in [1.165, 1.54) is 0 Å². The summed E-state index contributed by atoms with van der Waals surface area (Å²) in [4.78, 5) is 14.1. The zero-order chi connectivity index (χ0) is 15.6. The second-order valence-electron chi connectivity index (χ2n) is 5.76. The molecule has 1 fully saturated rings. The number of nitrogens with zero attached hydrogens (tertiary/aromatic N) is 3. The number of likely N-dealkylation sites (tertiary alicyclic amines) is 1. The van der Waals surface area contributed by atoms with Gasteiger partial charge < -0.3 is 4.90 Å². The van der Waals surface area contributed by atoms with E-state index < -0.39 is 10.0 Å². The van der Waals surface area contributed by atoms with Crippen molar-refractivity contribution in [2.75, 3.05) is 19.3 Å². The third kappa shape index (κ3) is 4.28. The van der Waals surface area contributed by atoms with Crippen LogP contribution < -0.4 is 4.72 Å². The molecule has 0 unspecified atom stereocenters. The molecule has 1 aromatic rings. The Morgan fingerprint density at radius 1 is 1.38 bits per heavy atom. The van der Waals surface area contributed by atoms with Crippen LogP contribution >= 0.6 is 0 Å². The molecule has 21 heavy (non-hydrogen) atoms. The minimum atomic E-state index is -3.19. The molecule has 2 rings (SSSR count). The van der Waals surface area contributed by atoms with Gasteiger partial charge in [0, 0.05) is 31.4 Å². The summed E-state index contributed by atoms with van der Waals surface area (Å²) in [6, 6.07) is 0.138. The summed E-state index contributed by atoms with van der Waals surface area (Å²) in [6.07, 6.45) is 5.77. The van der Waals surface area contributed by atoms with Crippen molar-refractivity contribution in [2.45, 2.75) is 38.8 Å². The van der Waals surface area contributed by atoms with Gasteiger partial charge in [-0.1, -0.05) is 0 Å². The number of carbonyl (C=O) groups is 1. The molecule has 1 N–H and O–H groups in total. The molecule has 0 aromatic carbocycles. The molecule has 0 radical (unpaired) electrons. The minimum Gasteiger partial charge on any atom is -0.338 e. The maximum absolute atomic E-state index is 12.4. The lowest BCUT2D eigenvalue weighted by Crippen LogP contribution is -2.46. The van der Waals surface area contributed by atoms with Crippen LogP contribution in [0.3, 0.4) is 0 Å². The van der Waals surface area contributed by atoms with Crippen molar-refractivity contribution in [1.82, 2.24) is 19.4 Å². The summed E-state index contributed by atoms with van der Waals surface area (Å²) < 4.78 is 26.7. The van der Waals surface area contributed by atoms with Crippen LogP contribution in [-0.2, 0) is 10.0 Å². The average Bonchev–Trinajstić information content (AvgIpc) is 2.86. The molecule has 0 bridgehead atoms. The molecule has 1 amide bonds. The maximum Gasteiger partial charge on any atom is 0.257 e.